The molecule has 0 unspecified atom stereocenters. The maximum Gasteiger partial charge on any atom is 0.406 e. The van der Waals surface area contributed by atoms with Crippen molar-refractivity contribution in [1.29, 1.82) is 0 Å². The van der Waals surface area contributed by atoms with Crippen LogP contribution in [0.2, 0.25) is 5.02 Å². The summed E-state index contributed by atoms with van der Waals surface area (Å²) in [6.07, 6.45) is -4.43. The van der Waals surface area contributed by atoms with Gasteiger partial charge in [0.05, 0.1) is 0 Å². The molecule has 1 N–H and O–H groups in total. The van der Waals surface area contributed by atoms with Crippen molar-refractivity contribution < 1.29 is 13.2 Å². The molecule has 7 heteroatoms. The van der Waals surface area contributed by atoms with Crippen molar-refractivity contribution in [1.82, 2.24) is 9.88 Å². The molecule has 3 nitrogen and oxygen atoms in total. The van der Waals surface area contributed by atoms with Gasteiger partial charge in [-0.05, 0) is 18.1 Å². The summed E-state index contributed by atoms with van der Waals surface area (Å²) in [5, 5.41) is 2.80. The number of nitrogens with one attached hydrogen (secondary N) is 1. The topological polar surface area (TPSA) is 34.0 Å². The molecule has 0 saturated carbocycles. The second-order valence-electron chi connectivity index (χ2n) is 3.97. The summed E-state index contributed by atoms with van der Waals surface area (Å²) in [5.41, 5.74) is 0.868. The van der Waals surface area contributed by atoms with Gasteiger partial charge in [0.15, 0.2) is 0 Å². The SMILES string of the molecule is Cc1c2c(n(CC(F)(F)F)c(=O)c1Cl)CNC2. The minimum Gasteiger partial charge on any atom is -0.307 e. The standard InChI is InChI=1S/C10H10ClF3N2O/c1-5-6-2-15-3-7(6)16(4-10(12,13)14)9(17)8(5)11/h15H,2-4H2,1H3. The van der Waals surface area contributed by atoms with Crippen molar-refractivity contribution in [2.24, 2.45) is 0 Å². The molecule has 1 aromatic heterocycles. The molecule has 17 heavy (non-hydrogen) atoms. The highest BCUT2D eigenvalue weighted by Gasteiger charge is 2.32. The van der Waals surface area contributed by atoms with Gasteiger partial charge in [0.2, 0.25) is 0 Å². The number of alkyl halides is 3. The zero-order valence-corrected chi connectivity index (χ0v) is 9.74. The number of aromatic nitrogens is 1. The summed E-state index contributed by atoms with van der Waals surface area (Å²) in [6, 6.07) is 0. The van der Waals surface area contributed by atoms with Crippen molar-refractivity contribution in [3.8, 4) is 0 Å². The van der Waals surface area contributed by atoms with Crippen molar-refractivity contribution in [2.45, 2.75) is 32.7 Å². The number of nitrogens with zero attached hydrogens (tertiary/aromatic N) is 1. The van der Waals surface area contributed by atoms with Gasteiger partial charge in [-0.3, -0.25) is 4.79 Å². The first-order valence-electron chi connectivity index (χ1n) is 4.99. The van der Waals surface area contributed by atoms with Gasteiger partial charge in [0.1, 0.15) is 11.6 Å². The number of hydrogen-bond donors (Lipinski definition) is 1. The first-order chi connectivity index (χ1) is 7.81. The Balaban J connectivity index is 2.64. The number of fused-ring (bicyclic) bond motifs is 1. The highest BCUT2D eigenvalue weighted by Crippen LogP contribution is 2.25. The third-order valence-corrected chi connectivity index (χ3v) is 3.27. The molecule has 0 aliphatic carbocycles. The van der Waals surface area contributed by atoms with E-state index in [2.05, 4.69) is 5.32 Å². The number of rotatable bonds is 1. The zero-order chi connectivity index (χ0) is 12.8. The Morgan fingerprint density at radius 2 is 2.06 bits per heavy atom. The van der Waals surface area contributed by atoms with E-state index in [-0.39, 0.29) is 11.6 Å². The van der Waals surface area contributed by atoms with Gasteiger partial charge in [-0.25, -0.2) is 0 Å². The molecule has 0 spiro atoms. The van der Waals surface area contributed by atoms with Crippen LogP contribution in [0.15, 0.2) is 4.79 Å². The lowest BCUT2D eigenvalue weighted by atomic mass is 10.1. The predicted molar refractivity (Wildman–Crippen MR) is 57.0 cm³/mol. The molecule has 2 heterocycles. The van der Waals surface area contributed by atoms with Gasteiger partial charge in [0, 0.05) is 18.8 Å². The molecule has 0 amide bonds. The number of halogens is 4. The molecular weight excluding hydrogens is 257 g/mol. The fourth-order valence-electron chi connectivity index (χ4n) is 2.00. The van der Waals surface area contributed by atoms with Crippen LogP contribution in [0.5, 0.6) is 0 Å². The van der Waals surface area contributed by atoms with Gasteiger partial charge in [-0.1, -0.05) is 11.6 Å². The van der Waals surface area contributed by atoms with Crippen LogP contribution in [0.4, 0.5) is 13.2 Å². The van der Waals surface area contributed by atoms with E-state index in [4.69, 9.17) is 11.6 Å². The Kier molecular flexibility index (Phi) is 2.95. The molecule has 0 radical (unpaired) electrons. The van der Waals surface area contributed by atoms with E-state index < -0.39 is 18.3 Å². The molecule has 2 rings (SSSR count). The first-order valence-corrected chi connectivity index (χ1v) is 5.37. The fraction of sp³-hybridized carbons (Fsp3) is 0.500. The van der Waals surface area contributed by atoms with Gasteiger partial charge < -0.3 is 9.88 Å². The van der Waals surface area contributed by atoms with Gasteiger partial charge >= 0.3 is 6.18 Å². The molecule has 0 fully saturated rings. The average Bonchev–Trinajstić information content (AvgIpc) is 2.68. The zero-order valence-electron chi connectivity index (χ0n) is 8.99. The normalized spacial score (nSPS) is 15.1. The average molecular weight is 267 g/mol. The summed E-state index contributed by atoms with van der Waals surface area (Å²) >= 11 is 5.77. The van der Waals surface area contributed by atoms with Crippen molar-refractivity contribution in [2.75, 3.05) is 0 Å². The Labute approximate surface area is 100 Å². The summed E-state index contributed by atoms with van der Waals surface area (Å²) < 4.78 is 37.9. The van der Waals surface area contributed by atoms with Crippen LogP contribution in [0.25, 0.3) is 0 Å². The van der Waals surface area contributed by atoms with E-state index in [1.54, 1.807) is 6.92 Å². The van der Waals surface area contributed by atoms with Crippen molar-refractivity contribution in [3.63, 3.8) is 0 Å². The maximum atomic E-state index is 12.4. The van der Waals surface area contributed by atoms with E-state index in [9.17, 15) is 18.0 Å². The predicted octanol–water partition coefficient (Wildman–Crippen LogP) is 1.98. The lowest BCUT2D eigenvalue weighted by molar-refractivity contribution is -0.141. The first kappa shape index (κ1) is 12.4. The molecule has 0 aromatic carbocycles. The lowest BCUT2D eigenvalue weighted by Gasteiger charge is -2.16. The molecular formula is C10H10ClF3N2O. The number of hydrogen-bond acceptors (Lipinski definition) is 2. The molecule has 1 aliphatic heterocycles. The van der Waals surface area contributed by atoms with Gasteiger partial charge in [-0.2, -0.15) is 13.2 Å². The van der Waals surface area contributed by atoms with Crippen LogP contribution in [-0.2, 0) is 19.6 Å². The van der Waals surface area contributed by atoms with Crippen LogP contribution < -0.4 is 10.9 Å². The van der Waals surface area contributed by atoms with Crippen LogP contribution >= 0.6 is 11.6 Å². The Bertz CT molecular complexity index is 522. The van der Waals surface area contributed by atoms with E-state index in [1.165, 1.54) is 0 Å². The Morgan fingerprint density at radius 3 is 2.65 bits per heavy atom. The Morgan fingerprint density at radius 1 is 1.41 bits per heavy atom. The monoisotopic (exact) mass is 266 g/mol. The third kappa shape index (κ3) is 2.19. The van der Waals surface area contributed by atoms with E-state index in [1.807, 2.05) is 0 Å². The molecule has 1 aliphatic rings. The van der Waals surface area contributed by atoms with Crippen LogP contribution in [0, 0.1) is 6.92 Å². The molecule has 94 valence electrons. The van der Waals surface area contributed by atoms with E-state index >= 15 is 0 Å². The summed E-state index contributed by atoms with van der Waals surface area (Å²) in [6.45, 7) is 1.06. The summed E-state index contributed by atoms with van der Waals surface area (Å²) in [4.78, 5) is 11.7. The largest absolute Gasteiger partial charge is 0.406 e. The van der Waals surface area contributed by atoms with Gasteiger partial charge in [-0.15, -0.1) is 0 Å². The minimum atomic E-state index is -4.43. The van der Waals surface area contributed by atoms with Crippen LogP contribution in [0.3, 0.4) is 0 Å². The van der Waals surface area contributed by atoms with E-state index in [0.29, 0.717) is 27.9 Å². The summed E-state index contributed by atoms with van der Waals surface area (Å²) in [7, 11) is 0. The third-order valence-electron chi connectivity index (χ3n) is 2.82. The second kappa shape index (κ2) is 4.03. The fourth-order valence-corrected chi connectivity index (χ4v) is 2.22. The van der Waals surface area contributed by atoms with Crippen LogP contribution in [-0.4, -0.2) is 10.7 Å². The van der Waals surface area contributed by atoms with Crippen molar-refractivity contribution >= 4 is 11.6 Å². The Hall–Kier alpha value is -1.01. The van der Waals surface area contributed by atoms with Gasteiger partial charge in [0.25, 0.3) is 5.56 Å². The second-order valence-corrected chi connectivity index (χ2v) is 4.35. The maximum absolute atomic E-state index is 12.4. The smallest absolute Gasteiger partial charge is 0.307 e. The molecule has 0 atom stereocenters. The lowest BCUT2D eigenvalue weighted by Crippen LogP contribution is -2.31. The quantitative estimate of drug-likeness (QED) is 0.843. The molecule has 0 saturated heterocycles. The van der Waals surface area contributed by atoms with E-state index in [0.717, 1.165) is 0 Å². The highest BCUT2D eigenvalue weighted by molar-refractivity contribution is 6.31. The minimum absolute atomic E-state index is 0.128. The van der Waals surface area contributed by atoms with Crippen molar-refractivity contribution in [3.05, 3.63) is 32.2 Å². The van der Waals surface area contributed by atoms with Crippen LogP contribution in [0.1, 0.15) is 16.8 Å². The number of pyridine rings is 1. The molecule has 0 bridgehead atoms. The highest BCUT2D eigenvalue weighted by atomic mass is 35.5. The molecule has 1 aromatic rings. The summed E-state index contributed by atoms with van der Waals surface area (Å²) in [5.74, 6) is 0.